The van der Waals surface area contributed by atoms with E-state index in [1.165, 1.54) is 6.42 Å². The molecular weight excluding hydrogens is 366 g/mol. The van der Waals surface area contributed by atoms with Gasteiger partial charge in [-0.15, -0.1) is 0 Å². The fraction of sp³-hybridized carbons (Fsp3) is 0.348. The molecule has 1 amide bonds. The van der Waals surface area contributed by atoms with Crippen molar-refractivity contribution in [1.82, 2.24) is 4.57 Å². The van der Waals surface area contributed by atoms with Crippen molar-refractivity contribution in [3.63, 3.8) is 0 Å². The second kappa shape index (κ2) is 8.07. The first-order chi connectivity index (χ1) is 14.1. The number of amides is 1. The molecule has 0 atom stereocenters. The van der Waals surface area contributed by atoms with Gasteiger partial charge in [0, 0.05) is 22.7 Å². The molecule has 0 bridgehead atoms. The molecular formula is C23H27N3O3. The van der Waals surface area contributed by atoms with Gasteiger partial charge in [0.05, 0.1) is 30.1 Å². The Labute approximate surface area is 170 Å². The molecule has 1 saturated carbocycles. The zero-order chi connectivity index (χ0) is 20.4. The number of nitrogens with two attached hydrogens (primary N) is 1. The number of hydrogen-bond acceptors (Lipinski definition) is 4. The fourth-order valence-corrected chi connectivity index (χ4v) is 3.89. The lowest BCUT2D eigenvalue weighted by Crippen LogP contribution is -2.18. The average molecular weight is 393 g/mol. The lowest BCUT2D eigenvalue weighted by Gasteiger charge is -2.30. The topological polar surface area (TPSA) is 78.5 Å². The Bertz CT molecular complexity index is 1020. The van der Waals surface area contributed by atoms with Crippen molar-refractivity contribution >= 4 is 28.4 Å². The van der Waals surface area contributed by atoms with Gasteiger partial charge in [0.1, 0.15) is 5.75 Å². The summed E-state index contributed by atoms with van der Waals surface area (Å²) in [7, 11) is 0. The molecule has 2 aromatic carbocycles. The maximum absolute atomic E-state index is 11.6. The summed E-state index contributed by atoms with van der Waals surface area (Å²) in [5.41, 5.74) is 11.3. The number of nitrogens with one attached hydrogen (secondary N) is 1. The fourth-order valence-electron chi connectivity index (χ4n) is 3.89. The molecule has 0 unspecified atom stereocenters. The molecule has 3 aromatic rings. The van der Waals surface area contributed by atoms with Crippen molar-refractivity contribution in [1.29, 1.82) is 0 Å². The Morgan fingerprint density at radius 3 is 2.52 bits per heavy atom. The van der Waals surface area contributed by atoms with E-state index in [2.05, 4.69) is 16.0 Å². The van der Waals surface area contributed by atoms with Crippen LogP contribution in [0.25, 0.3) is 22.2 Å². The number of aromatic nitrogens is 1. The number of anilines is 2. The summed E-state index contributed by atoms with van der Waals surface area (Å²) in [6.45, 7) is 4.72. The van der Waals surface area contributed by atoms with E-state index in [1.54, 1.807) is 6.92 Å². The summed E-state index contributed by atoms with van der Waals surface area (Å²) in [5.74, 6) is 0.831. The third kappa shape index (κ3) is 3.62. The Balaban J connectivity index is 1.76. The van der Waals surface area contributed by atoms with Gasteiger partial charge in [0.15, 0.2) is 0 Å². The highest BCUT2D eigenvalue weighted by Gasteiger charge is 2.27. The van der Waals surface area contributed by atoms with E-state index < -0.39 is 6.09 Å². The van der Waals surface area contributed by atoms with Crippen molar-refractivity contribution < 1.29 is 14.3 Å². The van der Waals surface area contributed by atoms with E-state index in [0.29, 0.717) is 24.9 Å². The van der Waals surface area contributed by atoms with Gasteiger partial charge in [-0.05, 0) is 63.4 Å². The SMILES string of the molecule is CCOC(=O)Nc1ccc(-c2c(N)c3cc(OCC)ccc3n2C2CCC2)cc1. The molecule has 0 spiro atoms. The molecule has 1 aromatic heterocycles. The molecule has 1 fully saturated rings. The standard InChI is InChI=1S/C23H27N3O3/c1-3-28-18-12-13-20-19(14-18)21(24)22(26(20)17-6-5-7-17)15-8-10-16(11-9-15)25-23(27)29-4-2/h8-14,17H,3-7,24H2,1-2H3,(H,25,27). The molecule has 4 rings (SSSR count). The molecule has 6 nitrogen and oxygen atoms in total. The normalized spacial score (nSPS) is 13.9. The van der Waals surface area contributed by atoms with Crippen molar-refractivity contribution in [2.75, 3.05) is 24.3 Å². The number of rotatable bonds is 6. The molecule has 1 aliphatic rings. The van der Waals surface area contributed by atoms with Crippen molar-refractivity contribution in [3.8, 4) is 17.0 Å². The Morgan fingerprint density at radius 2 is 1.90 bits per heavy atom. The summed E-state index contributed by atoms with van der Waals surface area (Å²) < 4.78 is 13.0. The van der Waals surface area contributed by atoms with Crippen LogP contribution in [0.15, 0.2) is 42.5 Å². The monoisotopic (exact) mass is 393 g/mol. The van der Waals surface area contributed by atoms with E-state index in [-0.39, 0.29) is 0 Å². The third-order valence-corrected chi connectivity index (χ3v) is 5.44. The predicted octanol–water partition coefficient (Wildman–Crippen LogP) is 5.58. The lowest BCUT2D eigenvalue weighted by molar-refractivity contribution is 0.168. The smallest absolute Gasteiger partial charge is 0.411 e. The number of ether oxygens (including phenoxy) is 2. The molecule has 3 N–H and O–H groups in total. The van der Waals surface area contributed by atoms with Crippen LogP contribution in [0.4, 0.5) is 16.2 Å². The molecule has 1 heterocycles. The highest BCUT2D eigenvalue weighted by molar-refractivity contribution is 6.02. The Morgan fingerprint density at radius 1 is 1.14 bits per heavy atom. The van der Waals surface area contributed by atoms with Gasteiger partial charge in [-0.1, -0.05) is 12.1 Å². The van der Waals surface area contributed by atoms with Crippen LogP contribution in [0.1, 0.15) is 39.2 Å². The molecule has 0 radical (unpaired) electrons. The highest BCUT2D eigenvalue weighted by atomic mass is 16.5. The number of fused-ring (bicyclic) bond motifs is 1. The van der Waals surface area contributed by atoms with Crippen LogP contribution >= 0.6 is 0 Å². The maximum atomic E-state index is 11.6. The van der Waals surface area contributed by atoms with E-state index in [9.17, 15) is 4.79 Å². The average Bonchev–Trinajstić information content (AvgIpc) is 2.94. The largest absolute Gasteiger partial charge is 0.494 e. The number of nitrogen functional groups attached to an aromatic ring is 1. The van der Waals surface area contributed by atoms with Crippen molar-refractivity contribution in [2.24, 2.45) is 0 Å². The summed E-state index contributed by atoms with van der Waals surface area (Å²) >= 11 is 0. The molecule has 1 aliphatic carbocycles. The zero-order valence-electron chi connectivity index (χ0n) is 16.9. The zero-order valence-corrected chi connectivity index (χ0v) is 16.9. The Hall–Kier alpha value is -3.15. The summed E-state index contributed by atoms with van der Waals surface area (Å²) in [5, 5.41) is 3.75. The van der Waals surface area contributed by atoms with E-state index in [1.807, 2.05) is 43.3 Å². The van der Waals surface area contributed by atoms with E-state index in [4.69, 9.17) is 15.2 Å². The quantitative estimate of drug-likeness (QED) is 0.573. The van der Waals surface area contributed by atoms with Gasteiger partial charge in [-0.25, -0.2) is 4.79 Å². The first-order valence-electron chi connectivity index (χ1n) is 10.2. The minimum Gasteiger partial charge on any atom is -0.494 e. The second-order valence-electron chi connectivity index (χ2n) is 7.25. The third-order valence-electron chi connectivity index (χ3n) is 5.44. The summed E-state index contributed by atoms with van der Waals surface area (Å²) in [6.07, 6.45) is 3.10. The minimum atomic E-state index is -0.452. The molecule has 29 heavy (non-hydrogen) atoms. The number of nitrogens with zero attached hydrogens (tertiary/aromatic N) is 1. The summed E-state index contributed by atoms with van der Waals surface area (Å²) in [4.78, 5) is 11.6. The van der Waals surface area contributed by atoms with Gasteiger partial charge in [0.2, 0.25) is 0 Å². The Kier molecular flexibility index (Phi) is 5.34. The predicted molar refractivity (Wildman–Crippen MR) is 116 cm³/mol. The van der Waals surface area contributed by atoms with Crippen molar-refractivity contribution in [3.05, 3.63) is 42.5 Å². The lowest BCUT2D eigenvalue weighted by atomic mass is 9.92. The summed E-state index contributed by atoms with van der Waals surface area (Å²) in [6, 6.07) is 14.3. The van der Waals surface area contributed by atoms with Gasteiger partial charge >= 0.3 is 6.09 Å². The molecule has 6 heteroatoms. The van der Waals surface area contributed by atoms with Gasteiger partial charge in [-0.3, -0.25) is 5.32 Å². The molecule has 0 saturated heterocycles. The molecule has 152 valence electrons. The first-order valence-corrected chi connectivity index (χ1v) is 10.2. The molecule has 0 aliphatic heterocycles. The number of carbonyl (C=O) groups excluding carboxylic acids is 1. The van der Waals surface area contributed by atoms with Crippen LogP contribution in [0, 0.1) is 0 Å². The number of hydrogen-bond donors (Lipinski definition) is 2. The maximum Gasteiger partial charge on any atom is 0.411 e. The number of benzene rings is 2. The first kappa shape index (κ1) is 19.2. The van der Waals surface area contributed by atoms with E-state index in [0.717, 1.165) is 46.4 Å². The van der Waals surface area contributed by atoms with E-state index >= 15 is 0 Å². The van der Waals surface area contributed by atoms with Crippen LogP contribution in [0.2, 0.25) is 0 Å². The minimum absolute atomic E-state index is 0.339. The number of carbonyl (C=O) groups is 1. The highest BCUT2D eigenvalue weighted by Crippen LogP contribution is 2.44. The van der Waals surface area contributed by atoms with Gasteiger partial charge in [0.25, 0.3) is 0 Å². The van der Waals surface area contributed by atoms with Crippen LogP contribution in [0.5, 0.6) is 5.75 Å². The van der Waals surface area contributed by atoms with Crippen LogP contribution < -0.4 is 15.8 Å². The van der Waals surface area contributed by atoms with Crippen LogP contribution in [-0.2, 0) is 4.74 Å². The van der Waals surface area contributed by atoms with Crippen LogP contribution in [0.3, 0.4) is 0 Å². The van der Waals surface area contributed by atoms with Crippen LogP contribution in [-0.4, -0.2) is 23.9 Å². The van der Waals surface area contributed by atoms with Gasteiger partial charge in [-0.2, -0.15) is 0 Å². The van der Waals surface area contributed by atoms with Gasteiger partial charge < -0.3 is 19.8 Å². The second-order valence-corrected chi connectivity index (χ2v) is 7.25. The van der Waals surface area contributed by atoms with Crippen molar-refractivity contribution in [2.45, 2.75) is 39.2 Å².